The van der Waals surface area contributed by atoms with E-state index < -0.39 is 40.5 Å². The molecule has 0 atom stereocenters. The molecule has 4 nitrogen and oxygen atoms in total. The molecule has 0 unspecified atom stereocenters. The van der Waals surface area contributed by atoms with Crippen LogP contribution in [-0.4, -0.2) is 9.13 Å². The third-order valence-electron chi connectivity index (χ3n) is 5.23. The highest BCUT2D eigenvalue weighted by Crippen LogP contribution is 2.35. The molecule has 0 saturated heterocycles. The van der Waals surface area contributed by atoms with Crippen molar-refractivity contribution < 1.29 is 17.6 Å². The van der Waals surface area contributed by atoms with Gasteiger partial charge in [-0.15, -0.1) is 0 Å². The molecule has 0 bridgehead atoms. The summed E-state index contributed by atoms with van der Waals surface area (Å²) in [6, 6.07) is 15.5. The summed E-state index contributed by atoms with van der Waals surface area (Å²) in [6.07, 6.45) is -5.05. The zero-order valence-corrected chi connectivity index (χ0v) is 18.2. The molecule has 0 N–H and O–H groups in total. The van der Waals surface area contributed by atoms with E-state index in [1.54, 1.807) is 50.2 Å². The van der Waals surface area contributed by atoms with Crippen LogP contribution in [0.3, 0.4) is 0 Å². The van der Waals surface area contributed by atoms with E-state index in [2.05, 4.69) is 11.8 Å². The zero-order chi connectivity index (χ0) is 24.6. The Morgan fingerprint density at radius 2 is 1.47 bits per heavy atom. The maximum atomic E-state index is 15.3. The number of aromatic nitrogens is 2. The van der Waals surface area contributed by atoms with Crippen LogP contribution < -0.4 is 11.2 Å². The number of para-hydroxylation sites is 1. The molecular weight excluding hydrogens is 448 g/mol. The third-order valence-corrected chi connectivity index (χ3v) is 5.23. The highest BCUT2D eigenvalue weighted by atomic mass is 19.4. The van der Waals surface area contributed by atoms with Crippen LogP contribution >= 0.6 is 0 Å². The van der Waals surface area contributed by atoms with Gasteiger partial charge >= 0.3 is 11.9 Å². The molecule has 34 heavy (non-hydrogen) atoms. The molecule has 1 aromatic heterocycles. The average molecular weight is 466 g/mol. The summed E-state index contributed by atoms with van der Waals surface area (Å²) >= 11 is 0. The van der Waals surface area contributed by atoms with Gasteiger partial charge in [0, 0.05) is 17.2 Å². The van der Waals surface area contributed by atoms with Crippen molar-refractivity contribution in [3.8, 4) is 17.5 Å². The predicted molar refractivity (Wildman–Crippen MR) is 122 cm³/mol. The van der Waals surface area contributed by atoms with Crippen LogP contribution in [0.5, 0.6) is 0 Å². The SMILES string of the molecule is CC(C)n1c(=O)n(-c2c(F)cc(C#Cc3ccccc3)cc2C(F)(F)F)c(=O)c2ccccc21. The smallest absolute Gasteiger partial charge is 0.290 e. The number of nitrogens with zero attached hydrogens (tertiary/aromatic N) is 2. The highest BCUT2D eigenvalue weighted by molar-refractivity contribution is 5.78. The van der Waals surface area contributed by atoms with Gasteiger partial charge in [0.15, 0.2) is 0 Å². The topological polar surface area (TPSA) is 44.0 Å². The van der Waals surface area contributed by atoms with Gasteiger partial charge in [-0.25, -0.2) is 13.8 Å². The predicted octanol–water partition coefficient (Wildman–Crippen LogP) is 5.29. The molecular formula is C26H18F4N2O2. The van der Waals surface area contributed by atoms with Crippen molar-refractivity contribution in [2.75, 3.05) is 0 Å². The summed E-state index contributed by atoms with van der Waals surface area (Å²) in [6.45, 7) is 3.29. The second-order valence-corrected chi connectivity index (χ2v) is 7.87. The lowest BCUT2D eigenvalue weighted by molar-refractivity contribution is -0.137. The normalized spacial score (nSPS) is 11.5. The zero-order valence-electron chi connectivity index (χ0n) is 18.2. The Labute approximate surface area is 191 Å². The van der Waals surface area contributed by atoms with Gasteiger partial charge in [0.1, 0.15) is 11.5 Å². The third kappa shape index (κ3) is 4.13. The van der Waals surface area contributed by atoms with Crippen molar-refractivity contribution in [3.63, 3.8) is 0 Å². The van der Waals surface area contributed by atoms with E-state index in [-0.39, 0.29) is 21.0 Å². The van der Waals surface area contributed by atoms with Crippen molar-refractivity contribution in [1.82, 2.24) is 9.13 Å². The molecule has 3 aromatic carbocycles. The molecule has 8 heteroatoms. The lowest BCUT2D eigenvalue weighted by Crippen LogP contribution is -2.41. The molecule has 0 aliphatic carbocycles. The van der Waals surface area contributed by atoms with E-state index in [1.807, 2.05) is 0 Å². The first-order chi connectivity index (χ1) is 16.1. The van der Waals surface area contributed by atoms with Crippen LogP contribution in [0, 0.1) is 17.7 Å². The maximum Gasteiger partial charge on any atom is 0.418 e. The number of rotatable bonds is 2. The number of hydrogen-bond donors (Lipinski definition) is 0. The Kier molecular flexibility index (Phi) is 5.88. The van der Waals surface area contributed by atoms with Gasteiger partial charge in [-0.3, -0.25) is 9.36 Å². The standard InChI is InChI=1S/C26H18F4N2O2/c1-16(2)31-22-11-7-6-10-19(22)24(33)32(25(31)34)23-20(26(28,29)30)14-18(15-21(23)27)13-12-17-8-4-3-5-9-17/h3-11,14-16H,1-2H3. The maximum absolute atomic E-state index is 15.3. The van der Waals surface area contributed by atoms with E-state index in [1.165, 1.54) is 22.8 Å². The Hall–Kier alpha value is -4.12. The lowest BCUT2D eigenvalue weighted by Gasteiger charge is -2.20. The molecule has 0 aliphatic rings. The van der Waals surface area contributed by atoms with E-state index in [0.717, 1.165) is 6.07 Å². The van der Waals surface area contributed by atoms with E-state index >= 15 is 4.39 Å². The highest BCUT2D eigenvalue weighted by Gasteiger charge is 2.37. The summed E-state index contributed by atoms with van der Waals surface area (Å²) in [7, 11) is 0. The second kappa shape index (κ2) is 8.67. The van der Waals surface area contributed by atoms with Crippen LogP contribution in [0.2, 0.25) is 0 Å². The van der Waals surface area contributed by atoms with Crippen molar-refractivity contribution >= 4 is 10.9 Å². The largest absolute Gasteiger partial charge is 0.418 e. The van der Waals surface area contributed by atoms with Gasteiger partial charge in [0.25, 0.3) is 5.56 Å². The number of halogens is 4. The summed E-state index contributed by atoms with van der Waals surface area (Å²) < 4.78 is 58.9. The summed E-state index contributed by atoms with van der Waals surface area (Å²) in [5.74, 6) is 3.82. The number of benzene rings is 3. The van der Waals surface area contributed by atoms with Gasteiger partial charge in [-0.1, -0.05) is 42.2 Å². The average Bonchev–Trinajstić information content (AvgIpc) is 2.78. The number of fused-ring (bicyclic) bond motifs is 1. The molecule has 0 amide bonds. The molecule has 0 fully saturated rings. The van der Waals surface area contributed by atoms with Gasteiger partial charge in [-0.2, -0.15) is 13.2 Å². The molecule has 0 aliphatic heterocycles. The van der Waals surface area contributed by atoms with Gasteiger partial charge in [0.05, 0.1) is 16.5 Å². The van der Waals surface area contributed by atoms with Crippen molar-refractivity contribution in [2.45, 2.75) is 26.1 Å². The minimum Gasteiger partial charge on any atom is -0.290 e. The van der Waals surface area contributed by atoms with E-state index in [9.17, 15) is 22.8 Å². The Balaban J connectivity index is 2.06. The fraction of sp³-hybridized carbons (Fsp3) is 0.154. The van der Waals surface area contributed by atoms with Crippen LogP contribution in [0.15, 0.2) is 76.3 Å². The monoisotopic (exact) mass is 466 g/mol. The van der Waals surface area contributed by atoms with Crippen molar-refractivity contribution in [1.29, 1.82) is 0 Å². The quantitative estimate of drug-likeness (QED) is 0.298. The van der Waals surface area contributed by atoms with Gasteiger partial charge in [0.2, 0.25) is 0 Å². The van der Waals surface area contributed by atoms with Crippen molar-refractivity contribution in [2.24, 2.45) is 0 Å². The van der Waals surface area contributed by atoms with Gasteiger partial charge in [-0.05, 0) is 50.2 Å². The molecule has 1 heterocycles. The van der Waals surface area contributed by atoms with Crippen molar-refractivity contribution in [3.05, 3.63) is 110 Å². The first kappa shape index (κ1) is 23.1. The lowest BCUT2D eigenvalue weighted by atomic mass is 10.1. The minimum atomic E-state index is -5.05. The van der Waals surface area contributed by atoms with E-state index in [0.29, 0.717) is 11.6 Å². The summed E-state index contributed by atoms with van der Waals surface area (Å²) in [5.41, 5.74) is -4.16. The Morgan fingerprint density at radius 1 is 0.853 bits per heavy atom. The first-order valence-electron chi connectivity index (χ1n) is 10.3. The fourth-order valence-corrected chi connectivity index (χ4v) is 3.76. The molecule has 0 saturated carbocycles. The molecule has 4 aromatic rings. The number of alkyl halides is 3. The van der Waals surface area contributed by atoms with Crippen LogP contribution in [0.1, 0.15) is 36.6 Å². The first-order valence-corrected chi connectivity index (χ1v) is 10.3. The summed E-state index contributed by atoms with van der Waals surface area (Å²) in [5, 5.41) is -0.00345. The van der Waals surface area contributed by atoms with Gasteiger partial charge < -0.3 is 0 Å². The Bertz CT molecular complexity index is 1570. The second-order valence-electron chi connectivity index (χ2n) is 7.87. The molecule has 0 spiro atoms. The van der Waals surface area contributed by atoms with Crippen LogP contribution in [0.4, 0.5) is 17.6 Å². The fourth-order valence-electron chi connectivity index (χ4n) is 3.76. The molecule has 4 rings (SSSR count). The molecule has 0 radical (unpaired) electrons. The number of hydrogen-bond acceptors (Lipinski definition) is 2. The van der Waals surface area contributed by atoms with E-state index in [4.69, 9.17) is 0 Å². The minimum absolute atomic E-state index is 0.00345. The molecule has 172 valence electrons. The van der Waals surface area contributed by atoms with Crippen LogP contribution in [-0.2, 0) is 6.18 Å². The summed E-state index contributed by atoms with van der Waals surface area (Å²) in [4.78, 5) is 26.4. The Morgan fingerprint density at radius 3 is 2.12 bits per heavy atom. The van der Waals surface area contributed by atoms with Crippen LogP contribution in [0.25, 0.3) is 16.6 Å².